The molecule has 1 heterocycles. The summed E-state index contributed by atoms with van der Waals surface area (Å²) in [5.74, 6) is -0.974. The zero-order chi connectivity index (χ0) is 7.72. The van der Waals surface area contributed by atoms with Crippen molar-refractivity contribution in [3.05, 3.63) is 17.5 Å². The Bertz CT molecular complexity index is 270. The molecule has 0 aliphatic carbocycles. The first kappa shape index (κ1) is 9.97. The molecule has 4 nitrogen and oxygen atoms in total. The number of halogens is 1. The summed E-state index contributed by atoms with van der Waals surface area (Å²) < 4.78 is 1.48. The summed E-state index contributed by atoms with van der Waals surface area (Å²) in [6.07, 6.45) is 1.67. The number of aryl methyl sites for hydroxylation is 2. The Balaban J connectivity index is 0.000001000. The number of carboxylic acids is 1. The number of carbonyl (C=O) groups is 1. The lowest BCUT2D eigenvalue weighted by atomic mass is 10.3. The van der Waals surface area contributed by atoms with Crippen molar-refractivity contribution < 1.29 is 9.90 Å². The Morgan fingerprint density at radius 2 is 2.27 bits per heavy atom. The van der Waals surface area contributed by atoms with Gasteiger partial charge in [0.15, 0.2) is 5.69 Å². The zero-order valence-electron chi connectivity index (χ0n) is 6.24. The van der Waals surface area contributed by atoms with Crippen LogP contribution >= 0.6 is 12.4 Å². The Morgan fingerprint density at radius 3 is 2.45 bits per heavy atom. The smallest absolute Gasteiger partial charge is 0.356 e. The number of rotatable bonds is 1. The molecule has 0 aromatic carbocycles. The van der Waals surface area contributed by atoms with Crippen molar-refractivity contribution in [2.45, 2.75) is 6.92 Å². The van der Waals surface area contributed by atoms with Gasteiger partial charge in [-0.3, -0.25) is 4.68 Å². The fourth-order valence-electron chi connectivity index (χ4n) is 0.818. The summed E-state index contributed by atoms with van der Waals surface area (Å²) in [7, 11) is 1.69. The molecule has 0 bridgehead atoms. The molecule has 0 spiro atoms. The third-order valence-electron chi connectivity index (χ3n) is 1.21. The van der Waals surface area contributed by atoms with E-state index in [-0.39, 0.29) is 18.1 Å². The van der Waals surface area contributed by atoms with Gasteiger partial charge in [-0.15, -0.1) is 12.4 Å². The van der Waals surface area contributed by atoms with Gasteiger partial charge in [0.25, 0.3) is 0 Å². The lowest BCUT2D eigenvalue weighted by Gasteiger charge is -1.85. The van der Waals surface area contributed by atoms with Crippen LogP contribution in [0, 0.1) is 6.92 Å². The van der Waals surface area contributed by atoms with E-state index >= 15 is 0 Å². The summed E-state index contributed by atoms with van der Waals surface area (Å²) in [5, 5.41) is 12.2. The van der Waals surface area contributed by atoms with Crippen LogP contribution in [0.3, 0.4) is 0 Å². The second-order valence-electron chi connectivity index (χ2n) is 2.14. The SMILES string of the molecule is Cc1cn(C)nc1C(=O)O.Cl. The molecule has 0 unspecified atom stereocenters. The second kappa shape index (κ2) is 3.39. The summed E-state index contributed by atoms with van der Waals surface area (Å²) in [5.41, 5.74) is 0.817. The molecule has 0 saturated heterocycles. The van der Waals surface area contributed by atoms with Crippen LogP contribution < -0.4 is 0 Å². The molecule has 0 saturated carbocycles. The molecular weight excluding hydrogens is 168 g/mol. The first-order chi connectivity index (χ1) is 4.61. The van der Waals surface area contributed by atoms with Crippen LogP contribution in [-0.4, -0.2) is 20.9 Å². The molecule has 0 fully saturated rings. The Labute approximate surface area is 70.2 Å². The van der Waals surface area contributed by atoms with E-state index in [9.17, 15) is 4.79 Å². The van der Waals surface area contributed by atoms with Crippen molar-refractivity contribution in [1.82, 2.24) is 9.78 Å². The van der Waals surface area contributed by atoms with Crippen molar-refractivity contribution in [3.8, 4) is 0 Å². The normalized spacial score (nSPS) is 8.91. The molecule has 5 heteroatoms. The number of hydrogen-bond acceptors (Lipinski definition) is 2. The first-order valence-electron chi connectivity index (χ1n) is 2.85. The van der Waals surface area contributed by atoms with Gasteiger partial charge in [0.05, 0.1) is 0 Å². The van der Waals surface area contributed by atoms with Gasteiger partial charge < -0.3 is 5.11 Å². The molecule has 0 amide bonds. The number of aromatic nitrogens is 2. The third kappa shape index (κ3) is 1.94. The molecule has 1 aromatic heterocycles. The Morgan fingerprint density at radius 1 is 1.73 bits per heavy atom. The topological polar surface area (TPSA) is 55.1 Å². The van der Waals surface area contributed by atoms with Crippen LogP contribution in [0.15, 0.2) is 6.20 Å². The van der Waals surface area contributed by atoms with E-state index in [0.29, 0.717) is 5.56 Å². The van der Waals surface area contributed by atoms with Gasteiger partial charge in [-0.1, -0.05) is 0 Å². The predicted octanol–water partition coefficient (Wildman–Crippen LogP) is 0.849. The number of nitrogens with zero attached hydrogens (tertiary/aromatic N) is 2. The highest BCUT2D eigenvalue weighted by molar-refractivity contribution is 5.86. The molecule has 11 heavy (non-hydrogen) atoms. The number of hydrogen-bond donors (Lipinski definition) is 1. The zero-order valence-corrected chi connectivity index (χ0v) is 7.05. The van der Waals surface area contributed by atoms with Gasteiger partial charge in [-0.25, -0.2) is 4.79 Å². The minimum atomic E-state index is -0.974. The maximum atomic E-state index is 10.4. The number of carboxylic acid groups (broad SMARTS) is 1. The van der Waals surface area contributed by atoms with Gasteiger partial charge in [0, 0.05) is 18.8 Å². The van der Waals surface area contributed by atoms with E-state index in [1.807, 2.05) is 0 Å². The van der Waals surface area contributed by atoms with E-state index in [2.05, 4.69) is 5.10 Å². The van der Waals surface area contributed by atoms with E-state index in [1.54, 1.807) is 20.2 Å². The van der Waals surface area contributed by atoms with Crippen molar-refractivity contribution in [2.24, 2.45) is 7.05 Å². The second-order valence-corrected chi connectivity index (χ2v) is 2.14. The molecule has 62 valence electrons. The van der Waals surface area contributed by atoms with E-state index in [0.717, 1.165) is 0 Å². The molecule has 0 atom stereocenters. The van der Waals surface area contributed by atoms with Crippen LogP contribution in [0.1, 0.15) is 16.1 Å². The van der Waals surface area contributed by atoms with Gasteiger partial charge in [0.1, 0.15) is 0 Å². The maximum absolute atomic E-state index is 10.4. The van der Waals surface area contributed by atoms with E-state index < -0.39 is 5.97 Å². The van der Waals surface area contributed by atoms with Crippen molar-refractivity contribution in [2.75, 3.05) is 0 Å². The Kier molecular flexibility index (Phi) is 3.07. The summed E-state index contributed by atoms with van der Waals surface area (Å²) in [6.45, 7) is 1.72. The monoisotopic (exact) mass is 176 g/mol. The quantitative estimate of drug-likeness (QED) is 0.690. The average Bonchev–Trinajstić information content (AvgIpc) is 2.10. The summed E-state index contributed by atoms with van der Waals surface area (Å²) >= 11 is 0. The molecule has 1 rings (SSSR count). The first-order valence-corrected chi connectivity index (χ1v) is 2.85. The largest absolute Gasteiger partial charge is 0.476 e. The highest BCUT2D eigenvalue weighted by atomic mass is 35.5. The van der Waals surface area contributed by atoms with Crippen LogP contribution in [-0.2, 0) is 7.05 Å². The Hall–Kier alpha value is -1.03. The molecule has 0 aliphatic heterocycles. The molecular formula is C6H9ClN2O2. The predicted molar refractivity (Wildman–Crippen MR) is 42.2 cm³/mol. The standard InChI is InChI=1S/C6H8N2O2.ClH/c1-4-3-8(2)7-5(4)6(9)10;/h3H,1-2H3,(H,9,10);1H. The van der Waals surface area contributed by atoms with Gasteiger partial charge in [-0.2, -0.15) is 5.10 Å². The van der Waals surface area contributed by atoms with Gasteiger partial charge in [-0.05, 0) is 6.92 Å². The van der Waals surface area contributed by atoms with Crippen LogP contribution in [0.4, 0.5) is 0 Å². The molecule has 1 aromatic rings. The highest BCUT2D eigenvalue weighted by Gasteiger charge is 2.09. The molecule has 0 radical (unpaired) electrons. The minimum Gasteiger partial charge on any atom is -0.476 e. The summed E-state index contributed by atoms with van der Waals surface area (Å²) in [6, 6.07) is 0. The van der Waals surface area contributed by atoms with Crippen molar-refractivity contribution >= 4 is 18.4 Å². The van der Waals surface area contributed by atoms with E-state index in [1.165, 1.54) is 4.68 Å². The third-order valence-corrected chi connectivity index (χ3v) is 1.21. The highest BCUT2D eigenvalue weighted by Crippen LogP contribution is 2.02. The summed E-state index contributed by atoms with van der Waals surface area (Å²) in [4.78, 5) is 10.4. The lowest BCUT2D eigenvalue weighted by Crippen LogP contribution is -2.00. The van der Waals surface area contributed by atoms with Crippen LogP contribution in [0.25, 0.3) is 0 Å². The molecule has 1 N–H and O–H groups in total. The van der Waals surface area contributed by atoms with E-state index in [4.69, 9.17) is 5.11 Å². The van der Waals surface area contributed by atoms with Gasteiger partial charge >= 0.3 is 5.97 Å². The van der Waals surface area contributed by atoms with Gasteiger partial charge in [0.2, 0.25) is 0 Å². The average molecular weight is 177 g/mol. The van der Waals surface area contributed by atoms with Crippen LogP contribution in [0.5, 0.6) is 0 Å². The molecule has 0 aliphatic rings. The van der Waals surface area contributed by atoms with Crippen molar-refractivity contribution in [1.29, 1.82) is 0 Å². The lowest BCUT2D eigenvalue weighted by molar-refractivity contribution is 0.0689. The number of aromatic carboxylic acids is 1. The minimum absolute atomic E-state index is 0. The van der Waals surface area contributed by atoms with Crippen molar-refractivity contribution in [3.63, 3.8) is 0 Å². The maximum Gasteiger partial charge on any atom is 0.356 e. The fraction of sp³-hybridized carbons (Fsp3) is 0.333. The van der Waals surface area contributed by atoms with Crippen LogP contribution in [0.2, 0.25) is 0 Å². The fourth-order valence-corrected chi connectivity index (χ4v) is 0.818.